The topological polar surface area (TPSA) is 54.0 Å². The third kappa shape index (κ3) is 2.54. The minimum absolute atomic E-state index is 0.0280. The number of aryl methyl sites for hydroxylation is 1. The van der Waals surface area contributed by atoms with Crippen LogP contribution in [0, 0.1) is 6.92 Å². The van der Waals surface area contributed by atoms with Crippen LogP contribution in [0.4, 0.5) is 17.2 Å². The zero-order valence-electron chi connectivity index (χ0n) is 11.0. The number of benzene rings is 1. The first-order valence-corrected chi connectivity index (χ1v) is 7.24. The fourth-order valence-corrected chi connectivity index (χ4v) is 2.61. The van der Waals surface area contributed by atoms with Crippen molar-refractivity contribution in [3.05, 3.63) is 46.1 Å². The molecule has 0 unspecified atom stereocenters. The summed E-state index contributed by atoms with van der Waals surface area (Å²) in [4.78, 5) is 15.6. The van der Waals surface area contributed by atoms with Crippen LogP contribution < -0.4 is 10.6 Å². The highest BCUT2D eigenvalue weighted by Gasteiger charge is 2.18. The second-order valence-corrected chi connectivity index (χ2v) is 5.68. The third-order valence-electron chi connectivity index (χ3n) is 3.37. The average molecular weight is 332 g/mol. The van der Waals surface area contributed by atoms with E-state index in [0.29, 0.717) is 18.7 Å². The number of amides is 1. The fraction of sp³-hybridized carbons (Fsp3) is 0.200. The van der Waals surface area contributed by atoms with Gasteiger partial charge in [-0.3, -0.25) is 4.79 Å². The van der Waals surface area contributed by atoms with Crippen molar-refractivity contribution in [2.45, 2.75) is 19.8 Å². The molecule has 1 aliphatic rings. The van der Waals surface area contributed by atoms with Gasteiger partial charge < -0.3 is 10.6 Å². The molecule has 4 nitrogen and oxygen atoms in total. The van der Waals surface area contributed by atoms with Gasteiger partial charge in [0, 0.05) is 34.0 Å². The molecular formula is C15H14BrN3O. The van der Waals surface area contributed by atoms with Gasteiger partial charge in [0.2, 0.25) is 5.91 Å². The maximum Gasteiger partial charge on any atom is 0.225 e. The van der Waals surface area contributed by atoms with Crippen LogP contribution >= 0.6 is 15.9 Å². The Labute approximate surface area is 125 Å². The quantitative estimate of drug-likeness (QED) is 0.880. The fourth-order valence-electron chi connectivity index (χ4n) is 2.23. The molecule has 0 saturated heterocycles. The number of fused-ring (bicyclic) bond motifs is 1. The molecule has 0 bridgehead atoms. The zero-order valence-corrected chi connectivity index (χ0v) is 12.6. The first-order chi connectivity index (χ1) is 9.63. The van der Waals surface area contributed by atoms with Crippen molar-refractivity contribution in [2.24, 2.45) is 0 Å². The van der Waals surface area contributed by atoms with Gasteiger partial charge in [-0.05, 0) is 37.1 Å². The number of aromatic nitrogens is 1. The molecule has 1 aromatic heterocycles. The number of halogens is 1. The molecule has 1 aromatic carbocycles. The molecule has 0 fully saturated rings. The molecule has 0 spiro atoms. The van der Waals surface area contributed by atoms with E-state index >= 15 is 0 Å². The summed E-state index contributed by atoms with van der Waals surface area (Å²) >= 11 is 3.53. The van der Waals surface area contributed by atoms with E-state index in [0.717, 1.165) is 21.4 Å². The van der Waals surface area contributed by atoms with Crippen molar-refractivity contribution in [3.63, 3.8) is 0 Å². The standard InChI is InChI=1S/C15H14BrN3O/c1-9-2-3-10(8-12(9)16)18-13-6-7-17-15-11(13)4-5-14(20)19-15/h2-3,6-8H,4-5H2,1H3,(H2,17,18,19,20). The lowest BCUT2D eigenvalue weighted by Gasteiger charge is -2.19. The number of rotatable bonds is 2. The monoisotopic (exact) mass is 331 g/mol. The normalized spacial score (nSPS) is 13.6. The molecule has 102 valence electrons. The van der Waals surface area contributed by atoms with Gasteiger partial charge >= 0.3 is 0 Å². The van der Waals surface area contributed by atoms with Gasteiger partial charge in [-0.25, -0.2) is 4.98 Å². The highest BCUT2D eigenvalue weighted by atomic mass is 79.9. The number of anilines is 3. The number of hydrogen-bond donors (Lipinski definition) is 2. The Balaban J connectivity index is 1.93. The SMILES string of the molecule is Cc1ccc(Nc2ccnc3c2CCC(=O)N3)cc1Br. The number of nitrogens with zero attached hydrogens (tertiary/aromatic N) is 1. The summed E-state index contributed by atoms with van der Waals surface area (Å²) in [6.07, 6.45) is 2.92. The smallest absolute Gasteiger partial charge is 0.225 e. The lowest BCUT2D eigenvalue weighted by Crippen LogP contribution is -2.20. The molecule has 3 rings (SSSR count). The van der Waals surface area contributed by atoms with E-state index in [4.69, 9.17) is 0 Å². The Morgan fingerprint density at radius 2 is 2.15 bits per heavy atom. The second kappa shape index (κ2) is 5.25. The number of pyridine rings is 1. The number of carbonyl (C=O) groups is 1. The maximum atomic E-state index is 11.4. The minimum atomic E-state index is 0.0280. The Morgan fingerprint density at radius 3 is 2.95 bits per heavy atom. The molecule has 0 aliphatic carbocycles. The molecule has 1 aliphatic heterocycles. The lowest BCUT2D eigenvalue weighted by atomic mass is 10.0. The highest BCUT2D eigenvalue weighted by Crippen LogP contribution is 2.30. The summed E-state index contributed by atoms with van der Waals surface area (Å²) in [7, 11) is 0. The van der Waals surface area contributed by atoms with Crippen LogP contribution in [0.1, 0.15) is 17.5 Å². The van der Waals surface area contributed by atoms with Crippen molar-refractivity contribution in [1.82, 2.24) is 4.98 Å². The summed E-state index contributed by atoms with van der Waals surface area (Å²) in [5, 5.41) is 6.20. The van der Waals surface area contributed by atoms with Gasteiger partial charge in [0.15, 0.2) is 0 Å². The first kappa shape index (κ1) is 13.1. The molecule has 2 heterocycles. The highest BCUT2D eigenvalue weighted by molar-refractivity contribution is 9.10. The van der Waals surface area contributed by atoms with Gasteiger partial charge in [0.25, 0.3) is 0 Å². The molecule has 2 N–H and O–H groups in total. The molecule has 0 radical (unpaired) electrons. The molecule has 0 saturated carbocycles. The van der Waals surface area contributed by atoms with Crippen molar-refractivity contribution in [2.75, 3.05) is 10.6 Å². The Bertz CT molecular complexity index is 685. The Morgan fingerprint density at radius 1 is 1.30 bits per heavy atom. The van der Waals surface area contributed by atoms with E-state index in [1.54, 1.807) is 6.20 Å². The van der Waals surface area contributed by atoms with Crippen LogP contribution in [0.2, 0.25) is 0 Å². The number of carbonyl (C=O) groups excluding carboxylic acids is 1. The number of hydrogen-bond acceptors (Lipinski definition) is 3. The lowest BCUT2D eigenvalue weighted by molar-refractivity contribution is -0.116. The summed E-state index contributed by atoms with van der Waals surface area (Å²) in [5.41, 5.74) is 4.25. The molecule has 0 atom stereocenters. The van der Waals surface area contributed by atoms with Gasteiger partial charge in [0.1, 0.15) is 5.82 Å². The maximum absolute atomic E-state index is 11.4. The predicted octanol–water partition coefficient (Wildman–Crippen LogP) is 3.78. The summed E-state index contributed by atoms with van der Waals surface area (Å²) in [5.74, 6) is 0.692. The van der Waals surface area contributed by atoms with E-state index in [-0.39, 0.29) is 5.91 Å². The molecule has 2 aromatic rings. The number of nitrogens with one attached hydrogen (secondary N) is 2. The van der Waals surface area contributed by atoms with Crippen molar-refractivity contribution >= 4 is 39.0 Å². The first-order valence-electron chi connectivity index (χ1n) is 6.44. The largest absolute Gasteiger partial charge is 0.355 e. The van der Waals surface area contributed by atoms with Crippen LogP contribution in [-0.2, 0) is 11.2 Å². The van der Waals surface area contributed by atoms with Crippen molar-refractivity contribution in [1.29, 1.82) is 0 Å². The predicted molar refractivity (Wildman–Crippen MR) is 83.3 cm³/mol. The van der Waals surface area contributed by atoms with Crippen molar-refractivity contribution < 1.29 is 4.79 Å². The van der Waals surface area contributed by atoms with Crippen molar-refractivity contribution in [3.8, 4) is 0 Å². The van der Waals surface area contributed by atoms with Gasteiger partial charge in [0.05, 0.1) is 0 Å². The van der Waals surface area contributed by atoms with E-state index in [2.05, 4.69) is 44.5 Å². The van der Waals surface area contributed by atoms with E-state index in [1.165, 1.54) is 5.56 Å². The second-order valence-electron chi connectivity index (χ2n) is 4.82. The third-order valence-corrected chi connectivity index (χ3v) is 4.22. The Kier molecular flexibility index (Phi) is 3.44. The van der Waals surface area contributed by atoms with E-state index < -0.39 is 0 Å². The van der Waals surface area contributed by atoms with Gasteiger partial charge in [-0.1, -0.05) is 22.0 Å². The molecule has 20 heavy (non-hydrogen) atoms. The summed E-state index contributed by atoms with van der Waals surface area (Å²) < 4.78 is 1.07. The van der Waals surface area contributed by atoms with Crippen LogP contribution in [0.15, 0.2) is 34.9 Å². The van der Waals surface area contributed by atoms with Gasteiger partial charge in [-0.15, -0.1) is 0 Å². The molecular weight excluding hydrogens is 318 g/mol. The van der Waals surface area contributed by atoms with E-state index in [9.17, 15) is 4.79 Å². The van der Waals surface area contributed by atoms with E-state index in [1.807, 2.05) is 18.2 Å². The minimum Gasteiger partial charge on any atom is -0.355 e. The van der Waals surface area contributed by atoms with Crippen LogP contribution in [0.5, 0.6) is 0 Å². The summed E-state index contributed by atoms with van der Waals surface area (Å²) in [6.45, 7) is 2.05. The van der Waals surface area contributed by atoms with Crippen LogP contribution in [-0.4, -0.2) is 10.9 Å². The summed E-state index contributed by atoms with van der Waals surface area (Å²) in [6, 6.07) is 8.07. The molecule has 5 heteroatoms. The Hall–Kier alpha value is -1.88. The van der Waals surface area contributed by atoms with Crippen LogP contribution in [0.25, 0.3) is 0 Å². The average Bonchev–Trinajstić information content (AvgIpc) is 2.43. The van der Waals surface area contributed by atoms with Gasteiger partial charge in [-0.2, -0.15) is 0 Å². The zero-order chi connectivity index (χ0) is 14.1. The molecule has 1 amide bonds. The van der Waals surface area contributed by atoms with Crippen LogP contribution in [0.3, 0.4) is 0 Å².